The molecule has 1 unspecified atom stereocenters. The second kappa shape index (κ2) is 8.11. The van der Waals surface area contributed by atoms with Gasteiger partial charge in [0.25, 0.3) is 0 Å². The van der Waals surface area contributed by atoms with E-state index in [2.05, 4.69) is 25.2 Å². The summed E-state index contributed by atoms with van der Waals surface area (Å²) in [6.07, 6.45) is 0.745. The third-order valence-electron chi connectivity index (χ3n) is 2.68. The van der Waals surface area contributed by atoms with Crippen LogP contribution in [0.1, 0.15) is 32.8 Å². The third kappa shape index (κ3) is 6.03. The zero-order chi connectivity index (χ0) is 13.4. The standard InChI is InChI=1S/C15H25NO2/c1-12(2)8-9-18-15-7-5-4-6-14(15)11-16-10-13(3)17/h4-7,12-13,16-17H,8-11H2,1-3H3. The molecule has 1 atom stereocenters. The van der Waals surface area contributed by atoms with Gasteiger partial charge in [-0.25, -0.2) is 0 Å². The van der Waals surface area contributed by atoms with Crippen LogP contribution < -0.4 is 10.1 Å². The number of aliphatic hydroxyl groups excluding tert-OH is 1. The van der Waals surface area contributed by atoms with E-state index in [9.17, 15) is 5.11 Å². The second-order valence-corrected chi connectivity index (χ2v) is 5.12. The number of hydrogen-bond donors (Lipinski definition) is 2. The molecule has 1 aromatic carbocycles. The maximum absolute atomic E-state index is 9.21. The molecule has 2 N–H and O–H groups in total. The Labute approximate surface area is 110 Å². The molecule has 0 aliphatic heterocycles. The molecule has 0 radical (unpaired) electrons. The van der Waals surface area contributed by atoms with E-state index >= 15 is 0 Å². The normalized spacial score (nSPS) is 12.7. The van der Waals surface area contributed by atoms with E-state index in [-0.39, 0.29) is 6.10 Å². The monoisotopic (exact) mass is 251 g/mol. The summed E-state index contributed by atoms with van der Waals surface area (Å²) in [7, 11) is 0. The molecule has 3 nitrogen and oxygen atoms in total. The lowest BCUT2D eigenvalue weighted by atomic mass is 10.1. The molecule has 0 saturated carbocycles. The highest BCUT2D eigenvalue weighted by Crippen LogP contribution is 2.18. The van der Waals surface area contributed by atoms with Crippen molar-refractivity contribution >= 4 is 0 Å². The first-order chi connectivity index (χ1) is 8.59. The van der Waals surface area contributed by atoms with Gasteiger partial charge in [-0.3, -0.25) is 0 Å². The minimum Gasteiger partial charge on any atom is -0.493 e. The molecular weight excluding hydrogens is 226 g/mol. The molecule has 1 rings (SSSR count). The summed E-state index contributed by atoms with van der Waals surface area (Å²) in [5.41, 5.74) is 1.14. The van der Waals surface area contributed by atoms with Crippen LogP contribution in [0.15, 0.2) is 24.3 Å². The van der Waals surface area contributed by atoms with E-state index in [1.165, 1.54) is 0 Å². The van der Waals surface area contributed by atoms with Gasteiger partial charge in [0.1, 0.15) is 5.75 Å². The minimum atomic E-state index is -0.320. The number of aliphatic hydroxyl groups is 1. The Morgan fingerprint density at radius 2 is 1.94 bits per heavy atom. The van der Waals surface area contributed by atoms with Crippen LogP contribution >= 0.6 is 0 Å². The van der Waals surface area contributed by atoms with Crippen molar-refractivity contribution in [3.8, 4) is 5.75 Å². The Bertz CT molecular complexity index is 304. The molecule has 0 heterocycles. The zero-order valence-electron chi connectivity index (χ0n) is 11.6. The predicted molar refractivity (Wildman–Crippen MR) is 74.8 cm³/mol. The van der Waals surface area contributed by atoms with E-state index in [1.54, 1.807) is 6.92 Å². The summed E-state index contributed by atoms with van der Waals surface area (Å²) in [4.78, 5) is 0. The number of rotatable bonds is 8. The van der Waals surface area contributed by atoms with E-state index in [1.807, 2.05) is 18.2 Å². The number of benzene rings is 1. The Kier molecular flexibility index (Phi) is 6.76. The van der Waals surface area contributed by atoms with Gasteiger partial charge in [-0.2, -0.15) is 0 Å². The van der Waals surface area contributed by atoms with Crippen molar-refractivity contribution in [3.05, 3.63) is 29.8 Å². The molecule has 0 aliphatic carbocycles. The average molecular weight is 251 g/mol. The fourth-order valence-corrected chi connectivity index (χ4v) is 1.61. The lowest BCUT2D eigenvalue weighted by molar-refractivity contribution is 0.190. The van der Waals surface area contributed by atoms with Crippen molar-refractivity contribution in [1.29, 1.82) is 0 Å². The van der Waals surface area contributed by atoms with Crippen molar-refractivity contribution in [1.82, 2.24) is 5.32 Å². The molecule has 102 valence electrons. The van der Waals surface area contributed by atoms with Crippen LogP contribution in [-0.4, -0.2) is 24.4 Å². The number of para-hydroxylation sites is 1. The molecule has 0 amide bonds. The summed E-state index contributed by atoms with van der Waals surface area (Å²) in [5, 5.41) is 12.4. The largest absolute Gasteiger partial charge is 0.493 e. The van der Waals surface area contributed by atoms with Crippen molar-refractivity contribution < 1.29 is 9.84 Å². The van der Waals surface area contributed by atoms with Crippen LogP contribution in [0.25, 0.3) is 0 Å². The lowest BCUT2D eigenvalue weighted by Crippen LogP contribution is -2.24. The number of nitrogens with one attached hydrogen (secondary N) is 1. The minimum absolute atomic E-state index is 0.320. The first-order valence-corrected chi connectivity index (χ1v) is 6.69. The highest BCUT2D eigenvalue weighted by molar-refractivity contribution is 5.33. The van der Waals surface area contributed by atoms with Gasteiger partial charge < -0.3 is 15.2 Å². The number of ether oxygens (including phenoxy) is 1. The predicted octanol–water partition coefficient (Wildman–Crippen LogP) is 2.58. The van der Waals surface area contributed by atoms with E-state index in [4.69, 9.17) is 4.74 Å². The van der Waals surface area contributed by atoms with Gasteiger partial charge in [-0.15, -0.1) is 0 Å². The molecule has 0 saturated heterocycles. The zero-order valence-corrected chi connectivity index (χ0v) is 11.6. The maximum Gasteiger partial charge on any atom is 0.123 e. The molecule has 0 aliphatic rings. The van der Waals surface area contributed by atoms with Gasteiger partial charge >= 0.3 is 0 Å². The van der Waals surface area contributed by atoms with Crippen LogP contribution in [0.4, 0.5) is 0 Å². The van der Waals surface area contributed by atoms with Crippen molar-refractivity contribution in [3.63, 3.8) is 0 Å². The van der Waals surface area contributed by atoms with Crippen LogP contribution in [0, 0.1) is 5.92 Å². The first kappa shape index (κ1) is 15.0. The van der Waals surface area contributed by atoms with Crippen molar-refractivity contribution in [2.45, 2.75) is 39.8 Å². The molecule has 18 heavy (non-hydrogen) atoms. The Morgan fingerprint density at radius 3 is 2.61 bits per heavy atom. The Hall–Kier alpha value is -1.06. The van der Waals surface area contributed by atoms with Crippen LogP contribution in [0.2, 0.25) is 0 Å². The van der Waals surface area contributed by atoms with Crippen molar-refractivity contribution in [2.75, 3.05) is 13.2 Å². The van der Waals surface area contributed by atoms with Gasteiger partial charge in [-0.05, 0) is 25.3 Å². The van der Waals surface area contributed by atoms with E-state index in [0.717, 1.165) is 30.9 Å². The molecule has 0 spiro atoms. The molecule has 0 fully saturated rings. The molecule has 0 bridgehead atoms. The smallest absolute Gasteiger partial charge is 0.123 e. The SMILES string of the molecule is CC(C)CCOc1ccccc1CNCC(C)O. The van der Waals surface area contributed by atoms with Crippen LogP contribution in [-0.2, 0) is 6.54 Å². The first-order valence-electron chi connectivity index (χ1n) is 6.69. The van der Waals surface area contributed by atoms with E-state index < -0.39 is 0 Å². The summed E-state index contributed by atoms with van der Waals surface area (Å²) in [6.45, 7) is 8.24. The topological polar surface area (TPSA) is 41.5 Å². The lowest BCUT2D eigenvalue weighted by Gasteiger charge is -2.13. The highest BCUT2D eigenvalue weighted by Gasteiger charge is 2.04. The Morgan fingerprint density at radius 1 is 1.22 bits per heavy atom. The van der Waals surface area contributed by atoms with Gasteiger partial charge in [-0.1, -0.05) is 32.0 Å². The van der Waals surface area contributed by atoms with Crippen molar-refractivity contribution in [2.24, 2.45) is 5.92 Å². The maximum atomic E-state index is 9.21. The van der Waals surface area contributed by atoms with Gasteiger partial charge in [0.05, 0.1) is 12.7 Å². The van der Waals surface area contributed by atoms with Crippen LogP contribution in [0.5, 0.6) is 5.75 Å². The summed E-state index contributed by atoms with van der Waals surface area (Å²) in [6, 6.07) is 8.05. The fourth-order valence-electron chi connectivity index (χ4n) is 1.61. The highest BCUT2D eigenvalue weighted by atomic mass is 16.5. The second-order valence-electron chi connectivity index (χ2n) is 5.12. The quantitative estimate of drug-likeness (QED) is 0.746. The average Bonchev–Trinajstić information content (AvgIpc) is 2.30. The molecule has 1 aromatic rings. The molecule has 3 heteroatoms. The van der Waals surface area contributed by atoms with Gasteiger partial charge in [0.15, 0.2) is 0 Å². The fraction of sp³-hybridized carbons (Fsp3) is 0.600. The molecular formula is C15H25NO2. The number of hydrogen-bond acceptors (Lipinski definition) is 3. The molecule has 0 aromatic heterocycles. The van der Waals surface area contributed by atoms with Crippen LogP contribution in [0.3, 0.4) is 0 Å². The summed E-state index contributed by atoms with van der Waals surface area (Å²) < 4.78 is 5.80. The summed E-state index contributed by atoms with van der Waals surface area (Å²) >= 11 is 0. The summed E-state index contributed by atoms with van der Waals surface area (Å²) in [5.74, 6) is 1.60. The van der Waals surface area contributed by atoms with Gasteiger partial charge in [0, 0.05) is 18.7 Å². The third-order valence-corrected chi connectivity index (χ3v) is 2.68. The van der Waals surface area contributed by atoms with Gasteiger partial charge in [0.2, 0.25) is 0 Å². The Balaban J connectivity index is 2.45. The van der Waals surface area contributed by atoms with E-state index in [0.29, 0.717) is 12.5 Å².